The summed E-state index contributed by atoms with van der Waals surface area (Å²) in [5, 5.41) is 9.14. The van der Waals surface area contributed by atoms with Crippen molar-refractivity contribution in [2.75, 3.05) is 0 Å². The molecule has 1 fully saturated rings. The second-order valence-electron chi connectivity index (χ2n) is 2.74. The molecule has 0 saturated carbocycles. The van der Waals surface area contributed by atoms with Gasteiger partial charge in [0.15, 0.2) is 6.29 Å². The Labute approximate surface area is 55.8 Å². The summed E-state index contributed by atoms with van der Waals surface area (Å²) in [6, 6.07) is 0. The zero-order valence-electron chi connectivity index (χ0n) is 6.00. The van der Waals surface area contributed by atoms with Gasteiger partial charge < -0.3 is 9.84 Å². The minimum atomic E-state index is -0.495. The molecule has 0 aromatic heterocycles. The van der Waals surface area contributed by atoms with E-state index < -0.39 is 6.29 Å². The van der Waals surface area contributed by atoms with Gasteiger partial charge in [-0.2, -0.15) is 0 Å². The van der Waals surface area contributed by atoms with Crippen LogP contribution in [0.15, 0.2) is 0 Å². The largest absolute Gasteiger partial charge is 0.368 e. The van der Waals surface area contributed by atoms with Crippen molar-refractivity contribution in [1.29, 1.82) is 0 Å². The van der Waals surface area contributed by atoms with Crippen LogP contribution in [-0.2, 0) is 4.74 Å². The lowest BCUT2D eigenvalue weighted by Crippen LogP contribution is -2.13. The topological polar surface area (TPSA) is 29.5 Å². The molecule has 2 nitrogen and oxygen atoms in total. The average Bonchev–Trinajstić information content (AvgIpc) is 2.10. The van der Waals surface area contributed by atoms with Gasteiger partial charge in [0.05, 0.1) is 6.10 Å². The maximum absolute atomic E-state index is 9.14. The van der Waals surface area contributed by atoms with Crippen LogP contribution >= 0.6 is 0 Å². The van der Waals surface area contributed by atoms with Crippen LogP contribution in [0.25, 0.3) is 0 Å². The van der Waals surface area contributed by atoms with E-state index in [4.69, 9.17) is 9.84 Å². The highest BCUT2D eigenvalue weighted by Crippen LogP contribution is 2.26. The fourth-order valence-electron chi connectivity index (χ4n) is 1.32. The summed E-state index contributed by atoms with van der Waals surface area (Å²) < 4.78 is 5.12. The van der Waals surface area contributed by atoms with Crippen molar-refractivity contribution in [3.63, 3.8) is 0 Å². The van der Waals surface area contributed by atoms with E-state index in [9.17, 15) is 0 Å². The van der Waals surface area contributed by atoms with Crippen molar-refractivity contribution in [3.05, 3.63) is 0 Å². The van der Waals surface area contributed by atoms with E-state index in [1.807, 2.05) is 6.92 Å². The molecular formula is C7H14O2. The maximum Gasteiger partial charge on any atom is 0.157 e. The average molecular weight is 130 g/mol. The van der Waals surface area contributed by atoms with Crippen LogP contribution < -0.4 is 0 Å². The summed E-state index contributed by atoms with van der Waals surface area (Å²) in [6.07, 6.45) is 1.79. The smallest absolute Gasteiger partial charge is 0.157 e. The van der Waals surface area contributed by atoms with Crippen LogP contribution in [0, 0.1) is 5.92 Å². The lowest BCUT2D eigenvalue weighted by molar-refractivity contribution is -0.104. The van der Waals surface area contributed by atoms with Crippen LogP contribution in [-0.4, -0.2) is 17.5 Å². The first kappa shape index (κ1) is 7.03. The highest BCUT2D eigenvalue weighted by Gasteiger charge is 2.29. The molecule has 0 spiro atoms. The quantitative estimate of drug-likeness (QED) is 0.576. The van der Waals surface area contributed by atoms with Crippen molar-refractivity contribution in [3.8, 4) is 0 Å². The molecule has 54 valence electrons. The molecule has 1 aliphatic rings. The molecule has 0 bridgehead atoms. The van der Waals surface area contributed by atoms with Crippen LogP contribution in [0.1, 0.15) is 26.7 Å². The fraction of sp³-hybridized carbons (Fsp3) is 1.00. The molecule has 1 aliphatic heterocycles. The first-order valence-corrected chi connectivity index (χ1v) is 3.57. The van der Waals surface area contributed by atoms with Gasteiger partial charge in [-0.05, 0) is 19.8 Å². The molecule has 1 rings (SSSR count). The molecule has 2 heteroatoms. The van der Waals surface area contributed by atoms with Gasteiger partial charge in [0.25, 0.3) is 0 Å². The van der Waals surface area contributed by atoms with Crippen LogP contribution in [0.2, 0.25) is 0 Å². The first-order valence-electron chi connectivity index (χ1n) is 3.57. The number of hydrogen-bond acceptors (Lipinski definition) is 2. The van der Waals surface area contributed by atoms with E-state index in [0.717, 1.165) is 12.8 Å². The Morgan fingerprint density at radius 2 is 2.33 bits per heavy atom. The maximum atomic E-state index is 9.14. The Bertz CT molecular complexity index is 92.9. The monoisotopic (exact) mass is 130 g/mol. The lowest BCUT2D eigenvalue weighted by atomic mass is 10.0. The molecule has 0 amide bonds. The Morgan fingerprint density at radius 3 is 2.56 bits per heavy atom. The number of aliphatic hydroxyl groups excluding tert-OH is 1. The normalized spacial score (nSPS) is 43.7. The van der Waals surface area contributed by atoms with Gasteiger partial charge >= 0.3 is 0 Å². The summed E-state index contributed by atoms with van der Waals surface area (Å²) in [6.45, 7) is 4.08. The van der Waals surface area contributed by atoms with E-state index in [1.54, 1.807) is 0 Å². The van der Waals surface area contributed by atoms with Gasteiger partial charge in [-0.25, -0.2) is 0 Å². The van der Waals surface area contributed by atoms with Crippen LogP contribution in [0.5, 0.6) is 0 Å². The lowest BCUT2D eigenvalue weighted by Gasteiger charge is -2.07. The molecule has 1 N–H and O–H groups in total. The summed E-state index contributed by atoms with van der Waals surface area (Å²) >= 11 is 0. The second-order valence-corrected chi connectivity index (χ2v) is 2.74. The van der Waals surface area contributed by atoms with Gasteiger partial charge in [-0.15, -0.1) is 0 Å². The first-order chi connectivity index (χ1) is 4.24. The predicted molar refractivity (Wildman–Crippen MR) is 35.0 cm³/mol. The minimum Gasteiger partial charge on any atom is -0.368 e. The van der Waals surface area contributed by atoms with Crippen LogP contribution in [0.4, 0.5) is 0 Å². The molecule has 0 radical (unpaired) electrons. The zero-order valence-corrected chi connectivity index (χ0v) is 6.00. The number of rotatable bonds is 1. The Hall–Kier alpha value is -0.0800. The zero-order chi connectivity index (χ0) is 6.85. The van der Waals surface area contributed by atoms with Crippen LogP contribution in [0.3, 0.4) is 0 Å². The molecule has 1 heterocycles. The summed E-state index contributed by atoms with van der Waals surface area (Å²) in [7, 11) is 0. The van der Waals surface area contributed by atoms with E-state index in [0.29, 0.717) is 5.92 Å². The molecule has 0 aromatic carbocycles. The molecule has 0 aromatic rings. The highest BCUT2D eigenvalue weighted by atomic mass is 16.6. The third-order valence-electron chi connectivity index (χ3n) is 1.93. The van der Waals surface area contributed by atoms with E-state index >= 15 is 0 Å². The van der Waals surface area contributed by atoms with Gasteiger partial charge in [0.2, 0.25) is 0 Å². The van der Waals surface area contributed by atoms with E-state index in [-0.39, 0.29) is 6.10 Å². The summed E-state index contributed by atoms with van der Waals surface area (Å²) in [5.41, 5.74) is 0. The number of hydrogen-bond donors (Lipinski definition) is 1. The molecule has 9 heavy (non-hydrogen) atoms. The minimum absolute atomic E-state index is 0.255. The van der Waals surface area contributed by atoms with Crippen molar-refractivity contribution in [2.45, 2.75) is 39.1 Å². The van der Waals surface area contributed by atoms with Gasteiger partial charge in [-0.1, -0.05) is 6.92 Å². The van der Waals surface area contributed by atoms with E-state index in [1.165, 1.54) is 0 Å². The molecule has 3 unspecified atom stereocenters. The fourth-order valence-corrected chi connectivity index (χ4v) is 1.32. The number of ether oxygens (including phenoxy) is 1. The molecule has 0 aliphatic carbocycles. The van der Waals surface area contributed by atoms with Gasteiger partial charge in [0.1, 0.15) is 0 Å². The molecular weight excluding hydrogens is 116 g/mol. The predicted octanol–water partition coefficient (Wildman–Crippen LogP) is 1.14. The van der Waals surface area contributed by atoms with Crippen molar-refractivity contribution >= 4 is 0 Å². The summed E-state index contributed by atoms with van der Waals surface area (Å²) in [4.78, 5) is 0. The van der Waals surface area contributed by atoms with Crippen molar-refractivity contribution < 1.29 is 9.84 Å². The van der Waals surface area contributed by atoms with Gasteiger partial charge in [0, 0.05) is 5.92 Å². The Morgan fingerprint density at radius 1 is 1.67 bits per heavy atom. The number of aliphatic hydroxyl groups is 1. The third-order valence-corrected chi connectivity index (χ3v) is 1.93. The Balaban J connectivity index is 2.38. The molecule has 1 saturated heterocycles. The Kier molecular flexibility index (Phi) is 2.09. The van der Waals surface area contributed by atoms with Crippen molar-refractivity contribution in [2.24, 2.45) is 5.92 Å². The SMILES string of the molecule is CCC1CC(C)OC1O. The highest BCUT2D eigenvalue weighted by molar-refractivity contribution is 4.71. The molecule has 3 atom stereocenters. The van der Waals surface area contributed by atoms with Gasteiger partial charge in [-0.3, -0.25) is 0 Å². The third kappa shape index (κ3) is 1.43. The summed E-state index contributed by atoms with van der Waals surface area (Å²) in [5.74, 6) is 0.375. The second kappa shape index (κ2) is 2.67. The van der Waals surface area contributed by atoms with Crippen molar-refractivity contribution in [1.82, 2.24) is 0 Å². The van der Waals surface area contributed by atoms with E-state index in [2.05, 4.69) is 6.92 Å². The standard InChI is InChI=1S/C7H14O2/c1-3-6-4-5(2)9-7(6)8/h5-8H,3-4H2,1-2H3.